The summed E-state index contributed by atoms with van der Waals surface area (Å²) in [5.41, 5.74) is 2.53. The van der Waals surface area contributed by atoms with Gasteiger partial charge in [-0.2, -0.15) is 0 Å². The molecule has 0 saturated carbocycles. The first-order chi connectivity index (χ1) is 14.1. The highest BCUT2D eigenvalue weighted by molar-refractivity contribution is 7.99. The lowest BCUT2D eigenvalue weighted by molar-refractivity contribution is -0.115. The summed E-state index contributed by atoms with van der Waals surface area (Å²) in [7, 11) is 1.60. The van der Waals surface area contributed by atoms with E-state index in [2.05, 4.69) is 15.6 Å². The van der Waals surface area contributed by atoms with Gasteiger partial charge in [-0.3, -0.25) is 9.59 Å². The van der Waals surface area contributed by atoms with Gasteiger partial charge in [0.2, 0.25) is 11.8 Å². The predicted octanol–water partition coefficient (Wildman–Crippen LogP) is 4.20. The summed E-state index contributed by atoms with van der Waals surface area (Å²) in [5, 5.41) is 8.13. The van der Waals surface area contributed by atoms with E-state index >= 15 is 0 Å². The van der Waals surface area contributed by atoms with Crippen molar-refractivity contribution in [1.82, 2.24) is 4.98 Å². The van der Waals surface area contributed by atoms with Crippen LogP contribution in [-0.2, 0) is 21.8 Å². The third kappa shape index (κ3) is 6.92. The SMILES string of the molecule is COc1ccc(NC(=O)CSCc2csc(NC(=O)Cc3ccccc3)n2)cc1. The van der Waals surface area contributed by atoms with Crippen molar-refractivity contribution >= 4 is 45.7 Å². The number of amides is 2. The standard InChI is InChI=1S/C21H21N3O3S2/c1-27-18-9-7-16(8-10-18)22-20(26)14-28-12-17-13-29-21(23-17)24-19(25)11-15-5-3-2-4-6-15/h2-10,13H,11-12,14H2,1H3,(H,22,26)(H,23,24,25). The molecule has 3 aromatic rings. The Hall–Kier alpha value is -2.84. The van der Waals surface area contributed by atoms with E-state index in [-0.39, 0.29) is 11.8 Å². The Kier molecular flexibility index (Phi) is 7.66. The number of nitrogens with one attached hydrogen (secondary N) is 2. The van der Waals surface area contributed by atoms with Crippen molar-refractivity contribution in [3.05, 3.63) is 71.2 Å². The maximum atomic E-state index is 12.1. The first kappa shape index (κ1) is 20.9. The first-order valence-electron chi connectivity index (χ1n) is 8.92. The second-order valence-electron chi connectivity index (χ2n) is 6.12. The molecule has 0 radical (unpaired) electrons. The zero-order valence-corrected chi connectivity index (χ0v) is 17.5. The molecule has 0 aliphatic rings. The average Bonchev–Trinajstić information content (AvgIpc) is 3.16. The van der Waals surface area contributed by atoms with Crippen LogP contribution in [0, 0.1) is 0 Å². The highest BCUT2D eigenvalue weighted by atomic mass is 32.2. The fourth-order valence-electron chi connectivity index (χ4n) is 2.50. The number of ether oxygens (including phenoxy) is 1. The maximum absolute atomic E-state index is 12.1. The number of hydrogen-bond donors (Lipinski definition) is 2. The summed E-state index contributed by atoms with van der Waals surface area (Å²) >= 11 is 2.86. The van der Waals surface area contributed by atoms with Gasteiger partial charge < -0.3 is 15.4 Å². The van der Waals surface area contributed by atoms with E-state index in [0.717, 1.165) is 22.7 Å². The Morgan fingerprint density at radius 3 is 2.52 bits per heavy atom. The molecule has 0 spiro atoms. The van der Waals surface area contributed by atoms with Crippen molar-refractivity contribution < 1.29 is 14.3 Å². The van der Waals surface area contributed by atoms with Gasteiger partial charge in [-0.1, -0.05) is 30.3 Å². The third-order valence-corrected chi connectivity index (χ3v) is 5.64. The van der Waals surface area contributed by atoms with Crippen molar-refractivity contribution in [2.75, 3.05) is 23.5 Å². The largest absolute Gasteiger partial charge is 0.497 e. The molecule has 0 bridgehead atoms. The van der Waals surface area contributed by atoms with Crippen LogP contribution < -0.4 is 15.4 Å². The number of carbonyl (C=O) groups excluding carboxylic acids is 2. The van der Waals surface area contributed by atoms with E-state index in [9.17, 15) is 9.59 Å². The minimum absolute atomic E-state index is 0.0771. The molecule has 1 aromatic heterocycles. The highest BCUT2D eigenvalue weighted by Gasteiger charge is 2.09. The van der Waals surface area contributed by atoms with E-state index in [1.165, 1.54) is 23.1 Å². The minimum Gasteiger partial charge on any atom is -0.497 e. The van der Waals surface area contributed by atoms with Crippen molar-refractivity contribution in [2.45, 2.75) is 12.2 Å². The fourth-order valence-corrected chi connectivity index (χ4v) is 4.04. The molecule has 0 aliphatic heterocycles. The zero-order chi connectivity index (χ0) is 20.5. The van der Waals surface area contributed by atoms with E-state index in [1.54, 1.807) is 31.4 Å². The van der Waals surface area contributed by atoms with E-state index in [0.29, 0.717) is 23.1 Å². The molecule has 2 N–H and O–H groups in total. The number of anilines is 2. The Labute approximate surface area is 177 Å². The number of rotatable bonds is 9. The average molecular weight is 428 g/mol. The molecule has 0 saturated heterocycles. The van der Waals surface area contributed by atoms with Gasteiger partial charge in [0.05, 0.1) is 25.0 Å². The molecule has 0 unspecified atom stereocenters. The smallest absolute Gasteiger partial charge is 0.234 e. The van der Waals surface area contributed by atoms with Crippen LogP contribution in [0.4, 0.5) is 10.8 Å². The molecule has 6 nitrogen and oxygen atoms in total. The normalized spacial score (nSPS) is 10.4. The molecule has 0 aliphatic carbocycles. The summed E-state index contributed by atoms with van der Waals surface area (Å²) in [6, 6.07) is 16.8. The lowest BCUT2D eigenvalue weighted by Crippen LogP contribution is -2.14. The summed E-state index contributed by atoms with van der Waals surface area (Å²) in [4.78, 5) is 28.6. The van der Waals surface area contributed by atoms with Gasteiger partial charge in [0.1, 0.15) is 5.75 Å². The molecule has 2 aromatic carbocycles. The second-order valence-corrected chi connectivity index (χ2v) is 7.97. The number of thiazole rings is 1. The van der Waals surface area contributed by atoms with Gasteiger partial charge in [-0.05, 0) is 29.8 Å². The minimum atomic E-state index is -0.0939. The monoisotopic (exact) mass is 427 g/mol. The van der Waals surface area contributed by atoms with Gasteiger partial charge in [0.25, 0.3) is 0 Å². The molecule has 150 valence electrons. The number of hydrogen-bond acceptors (Lipinski definition) is 6. The maximum Gasteiger partial charge on any atom is 0.234 e. The van der Waals surface area contributed by atoms with Gasteiger partial charge >= 0.3 is 0 Å². The van der Waals surface area contributed by atoms with E-state index < -0.39 is 0 Å². The van der Waals surface area contributed by atoms with Crippen molar-refractivity contribution in [3.63, 3.8) is 0 Å². The summed E-state index contributed by atoms with van der Waals surface area (Å²) < 4.78 is 5.09. The molecular formula is C21H21N3O3S2. The molecular weight excluding hydrogens is 406 g/mol. The molecule has 0 atom stereocenters. The quantitative estimate of drug-likeness (QED) is 0.535. The number of benzene rings is 2. The van der Waals surface area contributed by atoms with Crippen LogP contribution in [0.3, 0.4) is 0 Å². The number of carbonyl (C=O) groups is 2. The Morgan fingerprint density at radius 1 is 1.03 bits per heavy atom. The van der Waals surface area contributed by atoms with Crippen LogP contribution in [0.1, 0.15) is 11.3 Å². The van der Waals surface area contributed by atoms with Crippen LogP contribution in [0.25, 0.3) is 0 Å². The van der Waals surface area contributed by atoms with Gasteiger partial charge in [0, 0.05) is 16.8 Å². The molecule has 1 heterocycles. The molecule has 3 rings (SSSR count). The van der Waals surface area contributed by atoms with Crippen LogP contribution in [-0.4, -0.2) is 29.7 Å². The summed E-state index contributed by atoms with van der Waals surface area (Å²) in [6.45, 7) is 0. The summed E-state index contributed by atoms with van der Waals surface area (Å²) in [6.07, 6.45) is 0.316. The third-order valence-electron chi connectivity index (χ3n) is 3.86. The number of nitrogens with zero attached hydrogens (tertiary/aromatic N) is 1. The lowest BCUT2D eigenvalue weighted by atomic mass is 10.1. The topological polar surface area (TPSA) is 80.3 Å². The summed E-state index contributed by atoms with van der Waals surface area (Å²) in [5.74, 6) is 1.49. The van der Waals surface area contributed by atoms with E-state index in [1.807, 2.05) is 35.7 Å². The van der Waals surface area contributed by atoms with Crippen LogP contribution >= 0.6 is 23.1 Å². The van der Waals surface area contributed by atoms with E-state index in [4.69, 9.17) is 4.74 Å². The van der Waals surface area contributed by atoms with Crippen molar-refractivity contribution in [2.24, 2.45) is 0 Å². The molecule has 0 fully saturated rings. The Balaban J connectivity index is 1.39. The number of methoxy groups -OCH3 is 1. The number of aromatic nitrogens is 1. The molecule has 8 heteroatoms. The van der Waals surface area contributed by atoms with Crippen LogP contribution in [0.5, 0.6) is 5.75 Å². The van der Waals surface area contributed by atoms with Crippen LogP contribution in [0.15, 0.2) is 60.0 Å². The van der Waals surface area contributed by atoms with Crippen molar-refractivity contribution in [1.29, 1.82) is 0 Å². The zero-order valence-electron chi connectivity index (χ0n) is 15.9. The van der Waals surface area contributed by atoms with Gasteiger partial charge in [0.15, 0.2) is 5.13 Å². The number of thioether (sulfide) groups is 1. The Morgan fingerprint density at radius 2 is 1.79 bits per heavy atom. The molecule has 29 heavy (non-hydrogen) atoms. The van der Waals surface area contributed by atoms with Gasteiger partial charge in [-0.15, -0.1) is 23.1 Å². The lowest BCUT2D eigenvalue weighted by Gasteiger charge is -2.06. The predicted molar refractivity (Wildman–Crippen MR) is 119 cm³/mol. The van der Waals surface area contributed by atoms with Gasteiger partial charge in [-0.25, -0.2) is 4.98 Å². The van der Waals surface area contributed by atoms with Crippen molar-refractivity contribution in [3.8, 4) is 5.75 Å². The first-order valence-corrected chi connectivity index (χ1v) is 11.0. The molecule has 2 amide bonds. The van der Waals surface area contributed by atoms with Crippen LogP contribution in [0.2, 0.25) is 0 Å². The Bertz CT molecular complexity index is 943. The fraction of sp³-hybridized carbons (Fsp3) is 0.190. The second kappa shape index (κ2) is 10.6. The highest BCUT2D eigenvalue weighted by Crippen LogP contribution is 2.20.